The molecule has 2 aromatic rings. The van der Waals surface area contributed by atoms with Crippen molar-refractivity contribution in [1.29, 1.82) is 0 Å². The predicted octanol–water partition coefficient (Wildman–Crippen LogP) is 1.52. The van der Waals surface area contributed by atoms with Crippen molar-refractivity contribution in [3.63, 3.8) is 0 Å². The lowest BCUT2D eigenvalue weighted by atomic mass is 10.3. The summed E-state index contributed by atoms with van der Waals surface area (Å²) in [5, 5.41) is 7.29. The molecule has 0 bridgehead atoms. The second-order valence-electron chi connectivity index (χ2n) is 3.34. The summed E-state index contributed by atoms with van der Waals surface area (Å²) in [6.07, 6.45) is 1.50. The predicted molar refractivity (Wildman–Crippen MR) is 58.7 cm³/mol. The van der Waals surface area contributed by atoms with Gasteiger partial charge in [0.25, 0.3) is 0 Å². The summed E-state index contributed by atoms with van der Waals surface area (Å²) < 4.78 is 14.5. The van der Waals surface area contributed by atoms with Crippen molar-refractivity contribution in [2.24, 2.45) is 0 Å². The molecule has 5 heteroatoms. The molecule has 0 saturated heterocycles. The van der Waals surface area contributed by atoms with E-state index < -0.39 is 0 Å². The largest absolute Gasteiger partial charge is 0.310 e. The van der Waals surface area contributed by atoms with Gasteiger partial charge < -0.3 is 5.32 Å². The average molecular weight is 220 g/mol. The summed E-state index contributed by atoms with van der Waals surface area (Å²) in [5.74, 6) is 0.561. The first kappa shape index (κ1) is 10.8. The number of hydrogen-bond acceptors (Lipinski definition) is 3. The van der Waals surface area contributed by atoms with Gasteiger partial charge in [-0.1, -0.05) is 6.92 Å². The number of nitrogens with one attached hydrogen (secondary N) is 1. The zero-order chi connectivity index (χ0) is 11.4. The summed E-state index contributed by atoms with van der Waals surface area (Å²) in [6.45, 7) is 3.54. The van der Waals surface area contributed by atoms with Crippen molar-refractivity contribution in [2.45, 2.75) is 13.5 Å². The molecule has 2 rings (SSSR count). The van der Waals surface area contributed by atoms with Crippen molar-refractivity contribution in [3.05, 3.63) is 42.2 Å². The molecule has 0 spiro atoms. The van der Waals surface area contributed by atoms with Crippen LogP contribution >= 0.6 is 0 Å². The third kappa shape index (κ3) is 2.25. The van der Waals surface area contributed by atoms with E-state index in [0.717, 1.165) is 18.1 Å². The van der Waals surface area contributed by atoms with E-state index in [9.17, 15) is 4.39 Å². The van der Waals surface area contributed by atoms with Crippen molar-refractivity contribution in [3.8, 4) is 5.69 Å². The molecule has 0 saturated carbocycles. The first-order valence-corrected chi connectivity index (χ1v) is 5.17. The molecule has 0 radical (unpaired) electrons. The molecule has 0 aliphatic carbocycles. The minimum Gasteiger partial charge on any atom is -0.310 e. The minimum absolute atomic E-state index is 0.253. The summed E-state index contributed by atoms with van der Waals surface area (Å²) in [7, 11) is 0. The van der Waals surface area contributed by atoms with Gasteiger partial charge in [-0.05, 0) is 30.8 Å². The van der Waals surface area contributed by atoms with Gasteiger partial charge in [-0.2, -0.15) is 5.10 Å². The van der Waals surface area contributed by atoms with E-state index in [1.807, 2.05) is 6.92 Å². The fraction of sp³-hybridized carbons (Fsp3) is 0.273. The van der Waals surface area contributed by atoms with Crippen LogP contribution < -0.4 is 5.32 Å². The van der Waals surface area contributed by atoms with Gasteiger partial charge in [-0.3, -0.25) is 0 Å². The Morgan fingerprint density at radius 2 is 2.06 bits per heavy atom. The molecule has 84 valence electrons. The highest BCUT2D eigenvalue weighted by Gasteiger charge is 2.05. The molecular weight excluding hydrogens is 207 g/mol. The van der Waals surface area contributed by atoms with E-state index in [1.165, 1.54) is 18.5 Å². The summed E-state index contributed by atoms with van der Waals surface area (Å²) >= 11 is 0. The topological polar surface area (TPSA) is 42.7 Å². The van der Waals surface area contributed by atoms with Gasteiger partial charge in [-0.15, -0.1) is 0 Å². The second kappa shape index (κ2) is 4.85. The van der Waals surface area contributed by atoms with Gasteiger partial charge in [0.1, 0.15) is 18.0 Å². The molecular formula is C11H13FN4. The van der Waals surface area contributed by atoms with Crippen LogP contribution in [0.1, 0.15) is 12.7 Å². The highest BCUT2D eigenvalue weighted by atomic mass is 19.1. The Morgan fingerprint density at radius 3 is 2.75 bits per heavy atom. The van der Waals surface area contributed by atoms with Gasteiger partial charge in [0.15, 0.2) is 0 Å². The van der Waals surface area contributed by atoms with E-state index >= 15 is 0 Å². The molecule has 1 N–H and O–H groups in total. The van der Waals surface area contributed by atoms with E-state index in [0.29, 0.717) is 6.54 Å². The standard InChI is InChI=1S/C11H13FN4/c1-2-13-7-11-14-8-15-16(11)10-5-3-9(12)4-6-10/h3-6,8,13H,2,7H2,1H3. The lowest BCUT2D eigenvalue weighted by Crippen LogP contribution is -2.16. The first-order valence-electron chi connectivity index (χ1n) is 5.17. The maximum absolute atomic E-state index is 12.8. The van der Waals surface area contributed by atoms with E-state index in [4.69, 9.17) is 0 Å². The number of hydrogen-bond donors (Lipinski definition) is 1. The Hall–Kier alpha value is -1.75. The summed E-state index contributed by atoms with van der Waals surface area (Å²) in [5.41, 5.74) is 0.812. The van der Waals surface area contributed by atoms with E-state index in [1.54, 1.807) is 16.8 Å². The number of halogens is 1. The number of aromatic nitrogens is 3. The fourth-order valence-corrected chi connectivity index (χ4v) is 1.42. The number of benzene rings is 1. The Kier molecular flexibility index (Phi) is 3.26. The van der Waals surface area contributed by atoms with Gasteiger partial charge in [-0.25, -0.2) is 14.1 Å². The SMILES string of the molecule is CCNCc1ncnn1-c1ccc(F)cc1. The van der Waals surface area contributed by atoms with E-state index in [2.05, 4.69) is 15.4 Å². The smallest absolute Gasteiger partial charge is 0.146 e. The number of rotatable bonds is 4. The van der Waals surface area contributed by atoms with Crippen molar-refractivity contribution in [2.75, 3.05) is 6.54 Å². The highest BCUT2D eigenvalue weighted by Crippen LogP contribution is 2.09. The monoisotopic (exact) mass is 220 g/mol. The van der Waals surface area contributed by atoms with Crippen LogP contribution in [0.2, 0.25) is 0 Å². The van der Waals surface area contributed by atoms with Gasteiger partial charge in [0, 0.05) is 0 Å². The molecule has 0 aliphatic heterocycles. The maximum Gasteiger partial charge on any atom is 0.146 e. The van der Waals surface area contributed by atoms with Crippen LogP contribution in [0.15, 0.2) is 30.6 Å². The van der Waals surface area contributed by atoms with Crippen LogP contribution in [0.5, 0.6) is 0 Å². The van der Waals surface area contributed by atoms with Crippen LogP contribution in [-0.4, -0.2) is 21.3 Å². The van der Waals surface area contributed by atoms with Gasteiger partial charge in [0.2, 0.25) is 0 Å². The minimum atomic E-state index is -0.253. The Bertz CT molecular complexity index is 449. The van der Waals surface area contributed by atoms with Gasteiger partial charge >= 0.3 is 0 Å². The molecule has 0 atom stereocenters. The van der Waals surface area contributed by atoms with Crippen molar-refractivity contribution >= 4 is 0 Å². The molecule has 4 nitrogen and oxygen atoms in total. The van der Waals surface area contributed by atoms with Crippen molar-refractivity contribution < 1.29 is 4.39 Å². The molecule has 1 aromatic heterocycles. The molecule has 1 heterocycles. The van der Waals surface area contributed by atoms with Crippen LogP contribution in [-0.2, 0) is 6.54 Å². The fourth-order valence-electron chi connectivity index (χ4n) is 1.42. The second-order valence-corrected chi connectivity index (χ2v) is 3.34. The molecule has 0 fully saturated rings. The summed E-state index contributed by atoms with van der Waals surface area (Å²) in [4.78, 5) is 4.15. The molecule has 16 heavy (non-hydrogen) atoms. The third-order valence-corrected chi connectivity index (χ3v) is 2.22. The third-order valence-electron chi connectivity index (χ3n) is 2.22. The molecule has 1 aromatic carbocycles. The Morgan fingerprint density at radius 1 is 1.31 bits per heavy atom. The van der Waals surface area contributed by atoms with Crippen LogP contribution in [0, 0.1) is 5.82 Å². The molecule has 0 unspecified atom stereocenters. The van der Waals surface area contributed by atoms with E-state index in [-0.39, 0.29) is 5.82 Å². The van der Waals surface area contributed by atoms with Crippen LogP contribution in [0.4, 0.5) is 4.39 Å². The lowest BCUT2D eigenvalue weighted by Gasteiger charge is -2.05. The average Bonchev–Trinajstić information content (AvgIpc) is 2.75. The van der Waals surface area contributed by atoms with Crippen molar-refractivity contribution in [1.82, 2.24) is 20.1 Å². The maximum atomic E-state index is 12.8. The first-order chi connectivity index (χ1) is 7.81. The molecule has 0 aliphatic rings. The zero-order valence-electron chi connectivity index (χ0n) is 9.02. The highest BCUT2D eigenvalue weighted by molar-refractivity contribution is 5.31. The normalized spacial score (nSPS) is 10.6. The number of nitrogens with zero attached hydrogens (tertiary/aromatic N) is 3. The molecule has 0 amide bonds. The quantitative estimate of drug-likeness (QED) is 0.849. The Balaban J connectivity index is 2.26. The van der Waals surface area contributed by atoms with Crippen LogP contribution in [0.3, 0.4) is 0 Å². The summed E-state index contributed by atoms with van der Waals surface area (Å²) in [6, 6.07) is 6.18. The van der Waals surface area contributed by atoms with Gasteiger partial charge in [0.05, 0.1) is 12.2 Å². The lowest BCUT2D eigenvalue weighted by molar-refractivity contribution is 0.625. The van der Waals surface area contributed by atoms with Crippen LogP contribution in [0.25, 0.3) is 5.69 Å². The zero-order valence-corrected chi connectivity index (χ0v) is 9.02. The Labute approximate surface area is 93.1 Å².